The maximum atomic E-state index is 12.3. The summed E-state index contributed by atoms with van der Waals surface area (Å²) in [6.45, 7) is 3.51. The van der Waals surface area contributed by atoms with E-state index >= 15 is 0 Å². The van der Waals surface area contributed by atoms with Crippen LogP contribution in [0, 0.1) is 5.92 Å². The van der Waals surface area contributed by atoms with Gasteiger partial charge < -0.3 is 24.4 Å². The lowest BCUT2D eigenvalue weighted by molar-refractivity contribution is -0.122. The van der Waals surface area contributed by atoms with Gasteiger partial charge in [-0.15, -0.1) is 0 Å². The van der Waals surface area contributed by atoms with E-state index in [0.717, 1.165) is 37.2 Å². The zero-order chi connectivity index (χ0) is 20.8. The Morgan fingerprint density at radius 2 is 1.93 bits per heavy atom. The fourth-order valence-corrected chi connectivity index (χ4v) is 3.86. The standard InChI is InChI=1S/C24H30N2O4/c1-26-11-9-18(10-12-26)13-24(27)25-15-21-17-29-22-8-7-20(14-23(22)30-21)28-16-19-5-3-2-4-6-19/h2-8,14,18,21H,9-13,15-17H2,1H3,(H,25,27). The second-order valence-corrected chi connectivity index (χ2v) is 8.19. The predicted molar refractivity (Wildman–Crippen MR) is 115 cm³/mol. The molecular weight excluding hydrogens is 380 g/mol. The van der Waals surface area contributed by atoms with Crippen LogP contribution in [-0.4, -0.2) is 50.2 Å². The molecule has 6 nitrogen and oxygen atoms in total. The third kappa shape index (κ3) is 5.66. The molecule has 1 amide bonds. The molecule has 1 atom stereocenters. The number of benzene rings is 2. The molecule has 4 rings (SSSR count). The van der Waals surface area contributed by atoms with Gasteiger partial charge in [0.1, 0.15) is 25.1 Å². The average molecular weight is 411 g/mol. The molecule has 2 aromatic carbocycles. The van der Waals surface area contributed by atoms with E-state index in [9.17, 15) is 4.79 Å². The van der Waals surface area contributed by atoms with Crippen LogP contribution in [0.15, 0.2) is 48.5 Å². The summed E-state index contributed by atoms with van der Waals surface area (Å²) in [6.07, 6.45) is 2.57. The van der Waals surface area contributed by atoms with Crippen LogP contribution in [0.5, 0.6) is 17.2 Å². The first-order valence-corrected chi connectivity index (χ1v) is 10.7. The van der Waals surface area contributed by atoms with Crippen molar-refractivity contribution in [2.45, 2.75) is 32.0 Å². The number of amides is 1. The molecule has 0 radical (unpaired) electrons. The van der Waals surface area contributed by atoms with Crippen molar-refractivity contribution in [2.75, 3.05) is 33.3 Å². The zero-order valence-electron chi connectivity index (χ0n) is 17.5. The monoisotopic (exact) mass is 410 g/mol. The number of ether oxygens (including phenoxy) is 3. The van der Waals surface area contributed by atoms with E-state index in [1.165, 1.54) is 0 Å². The van der Waals surface area contributed by atoms with Gasteiger partial charge in [0.05, 0.1) is 6.54 Å². The molecule has 160 valence electrons. The summed E-state index contributed by atoms with van der Waals surface area (Å²) in [5.74, 6) is 2.67. The van der Waals surface area contributed by atoms with Gasteiger partial charge in [-0.1, -0.05) is 30.3 Å². The Hall–Kier alpha value is -2.73. The molecule has 2 aliphatic heterocycles. The quantitative estimate of drug-likeness (QED) is 0.759. The number of likely N-dealkylation sites (tertiary alicyclic amines) is 1. The Morgan fingerprint density at radius 3 is 2.73 bits per heavy atom. The first-order chi connectivity index (χ1) is 14.7. The highest BCUT2D eigenvalue weighted by molar-refractivity contribution is 5.76. The van der Waals surface area contributed by atoms with Gasteiger partial charge in [0.2, 0.25) is 5.91 Å². The summed E-state index contributed by atoms with van der Waals surface area (Å²) < 4.78 is 17.7. The number of hydrogen-bond donors (Lipinski definition) is 1. The first kappa shape index (κ1) is 20.5. The number of nitrogens with one attached hydrogen (secondary N) is 1. The second-order valence-electron chi connectivity index (χ2n) is 8.19. The van der Waals surface area contributed by atoms with E-state index in [2.05, 4.69) is 17.3 Å². The summed E-state index contributed by atoms with van der Waals surface area (Å²) in [7, 11) is 2.13. The van der Waals surface area contributed by atoms with Gasteiger partial charge in [-0.2, -0.15) is 0 Å². The van der Waals surface area contributed by atoms with E-state index in [0.29, 0.717) is 43.6 Å². The predicted octanol–water partition coefficient (Wildman–Crippen LogP) is 3.25. The van der Waals surface area contributed by atoms with Crippen molar-refractivity contribution in [1.82, 2.24) is 10.2 Å². The molecule has 1 N–H and O–H groups in total. The number of fused-ring (bicyclic) bond motifs is 1. The largest absolute Gasteiger partial charge is 0.489 e. The minimum Gasteiger partial charge on any atom is -0.489 e. The Labute approximate surface area is 178 Å². The molecule has 0 bridgehead atoms. The van der Waals surface area contributed by atoms with Gasteiger partial charge in [-0.05, 0) is 56.6 Å². The Morgan fingerprint density at radius 1 is 1.13 bits per heavy atom. The number of piperidine rings is 1. The molecular formula is C24H30N2O4. The van der Waals surface area contributed by atoms with Crippen LogP contribution in [0.3, 0.4) is 0 Å². The first-order valence-electron chi connectivity index (χ1n) is 10.7. The van der Waals surface area contributed by atoms with Crippen LogP contribution in [0.25, 0.3) is 0 Å². The highest BCUT2D eigenvalue weighted by Gasteiger charge is 2.24. The number of hydrogen-bond acceptors (Lipinski definition) is 5. The van der Waals surface area contributed by atoms with Crippen LogP contribution in [0.4, 0.5) is 0 Å². The molecule has 6 heteroatoms. The highest BCUT2D eigenvalue weighted by Crippen LogP contribution is 2.35. The zero-order valence-corrected chi connectivity index (χ0v) is 17.5. The van der Waals surface area contributed by atoms with E-state index < -0.39 is 0 Å². The Kier molecular flexibility index (Phi) is 6.74. The van der Waals surface area contributed by atoms with Gasteiger partial charge in [0, 0.05) is 12.5 Å². The van der Waals surface area contributed by atoms with E-state index in [4.69, 9.17) is 14.2 Å². The lowest BCUT2D eigenvalue weighted by Crippen LogP contribution is -2.41. The van der Waals surface area contributed by atoms with Gasteiger partial charge in [-0.25, -0.2) is 0 Å². The summed E-state index contributed by atoms with van der Waals surface area (Å²) >= 11 is 0. The van der Waals surface area contributed by atoms with Gasteiger partial charge in [-0.3, -0.25) is 4.79 Å². The van der Waals surface area contributed by atoms with Crippen LogP contribution in [-0.2, 0) is 11.4 Å². The normalized spacial score (nSPS) is 19.3. The third-order valence-electron chi connectivity index (χ3n) is 5.72. The molecule has 0 saturated carbocycles. The number of carbonyl (C=O) groups is 1. The molecule has 0 spiro atoms. The fraction of sp³-hybridized carbons (Fsp3) is 0.458. The average Bonchev–Trinajstić information content (AvgIpc) is 2.78. The summed E-state index contributed by atoms with van der Waals surface area (Å²) in [5.41, 5.74) is 1.11. The smallest absolute Gasteiger partial charge is 0.220 e. The number of carbonyl (C=O) groups excluding carboxylic acids is 1. The van der Waals surface area contributed by atoms with E-state index in [1.807, 2.05) is 48.5 Å². The van der Waals surface area contributed by atoms with E-state index in [1.54, 1.807) is 0 Å². The summed E-state index contributed by atoms with van der Waals surface area (Å²) in [5, 5.41) is 3.01. The fourth-order valence-electron chi connectivity index (χ4n) is 3.86. The summed E-state index contributed by atoms with van der Waals surface area (Å²) in [4.78, 5) is 14.6. The maximum Gasteiger partial charge on any atom is 0.220 e. The van der Waals surface area contributed by atoms with Crippen LogP contribution >= 0.6 is 0 Å². The number of rotatable bonds is 7. The summed E-state index contributed by atoms with van der Waals surface area (Å²) in [6, 6.07) is 15.6. The van der Waals surface area contributed by atoms with Crippen LogP contribution < -0.4 is 19.5 Å². The second kappa shape index (κ2) is 9.85. The topological polar surface area (TPSA) is 60.0 Å². The van der Waals surface area contributed by atoms with Crippen molar-refractivity contribution >= 4 is 5.91 Å². The Balaban J connectivity index is 1.25. The van der Waals surface area contributed by atoms with Crippen molar-refractivity contribution in [3.8, 4) is 17.2 Å². The van der Waals surface area contributed by atoms with Gasteiger partial charge in [0.25, 0.3) is 0 Å². The molecule has 1 fully saturated rings. The molecule has 1 unspecified atom stereocenters. The van der Waals surface area contributed by atoms with Crippen molar-refractivity contribution in [1.29, 1.82) is 0 Å². The van der Waals surface area contributed by atoms with Crippen molar-refractivity contribution in [3.05, 3.63) is 54.1 Å². The highest BCUT2D eigenvalue weighted by atomic mass is 16.6. The number of nitrogens with zero attached hydrogens (tertiary/aromatic N) is 1. The molecule has 0 aliphatic carbocycles. The van der Waals surface area contributed by atoms with Gasteiger partial charge >= 0.3 is 0 Å². The van der Waals surface area contributed by atoms with Gasteiger partial charge in [0.15, 0.2) is 11.5 Å². The SMILES string of the molecule is CN1CCC(CC(=O)NCC2COc3ccc(OCc4ccccc4)cc3O2)CC1. The molecule has 0 aromatic heterocycles. The molecule has 2 heterocycles. The lowest BCUT2D eigenvalue weighted by Gasteiger charge is -2.29. The van der Waals surface area contributed by atoms with Crippen molar-refractivity contribution in [3.63, 3.8) is 0 Å². The van der Waals surface area contributed by atoms with Crippen molar-refractivity contribution in [2.24, 2.45) is 5.92 Å². The van der Waals surface area contributed by atoms with E-state index in [-0.39, 0.29) is 12.0 Å². The molecule has 1 saturated heterocycles. The maximum absolute atomic E-state index is 12.3. The van der Waals surface area contributed by atoms with Crippen LogP contribution in [0.2, 0.25) is 0 Å². The minimum absolute atomic E-state index is 0.0962. The molecule has 30 heavy (non-hydrogen) atoms. The van der Waals surface area contributed by atoms with Crippen molar-refractivity contribution < 1.29 is 19.0 Å². The van der Waals surface area contributed by atoms with Crippen LogP contribution in [0.1, 0.15) is 24.8 Å². The Bertz CT molecular complexity index is 834. The molecule has 2 aliphatic rings. The molecule has 2 aromatic rings. The lowest BCUT2D eigenvalue weighted by atomic mass is 9.93. The minimum atomic E-state index is -0.205. The third-order valence-corrected chi connectivity index (χ3v) is 5.72.